The highest BCUT2D eigenvalue weighted by Crippen LogP contribution is 2.57. The molecule has 6 aromatic rings. The van der Waals surface area contributed by atoms with E-state index < -0.39 is 112 Å². The topological polar surface area (TPSA) is 347 Å². The number of nitrogens with zero attached hydrogens (tertiary/aromatic N) is 12. The number of nitriles is 2. The second-order valence-electron chi connectivity index (χ2n) is 41.1. The van der Waals surface area contributed by atoms with Gasteiger partial charge in [-0.05, 0) is 160 Å². The van der Waals surface area contributed by atoms with Crippen LogP contribution in [0, 0.1) is 56.2 Å². The van der Waals surface area contributed by atoms with Crippen LogP contribution in [0.5, 0.6) is 11.5 Å². The highest BCUT2D eigenvalue weighted by Gasteiger charge is 2.66. The number of halogens is 2. The molecule has 12 aliphatic rings. The molecular weight excluding hydrogens is 1780 g/mol. The number of fused-ring (bicyclic) bond motifs is 2. The molecule has 0 bridgehead atoms. The van der Waals surface area contributed by atoms with E-state index >= 15 is 0 Å². The van der Waals surface area contributed by atoms with Gasteiger partial charge in [-0.1, -0.05) is 78.6 Å². The first-order chi connectivity index (χ1) is 65.1. The van der Waals surface area contributed by atoms with Gasteiger partial charge in [0.15, 0.2) is 0 Å². The minimum absolute atomic E-state index is 0.0458. The van der Waals surface area contributed by atoms with E-state index in [-0.39, 0.29) is 136 Å². The second-order valence-corrected chi connectivity index (χ2v) is 41.9. The van der Waals surface area contributed by atoms with Crippen LogP contribution < -0.4 is 39.7 Å². The number of imide groups is 4. The van der Waals surface area contributed by atoms with E-state index in [0.29, 0.717) is 81.8 Å². The summed E-state index contributed by atoms with van der Waals surface area (Å²) in [4.78, 5) is 173. The Labute approximate surface area is 802 Å². The summed E-state index contributed by atoms with van der Waals surface area (Å²) in [5.74, 6) is -2.95. The van der Waals surface area contributed by atoms with Gasteiger partial charge < -0.3 is 58.7 Å². The van der Waals surface area contributed by atoms with Gasteiger partial charge in [-0.3, -0.25) is 77.3 Å². The third kappa shape index (κ3) is 18.7. The Kier molecular flexibility index (Phi) is 26.7. The Morgan fingerprint density at radius 1 is 0.412 bits per heavy atom. The molecule has 10 heterocycles. The van der Waals surface area contributed by atoms with E-state index in [2.05, 4.69) is 108 Å². The van der Waals surface area contributed by atoms with Crippen LogP contribution in [0.1, 0.15) is 206 Å². The van der Waals surface area contributed by atoms with Crippen LogP contribution in [0.3, 0.4) is 0 Å². The van der Waals surface area contributed by atoms with Gasteiger partial charge in [0, 0.05) is 210 Å². The summed E-state index contributed by atoms with van der Waals surface area (Å²) in [5.41, 5.74) is 4.84. The first kappa shape index (κ1) is 94.6. The molecule has 8 saturated heterocycles. The highest BCUT2D eigenvalue weighted by molar-refractivity contribution is 6.32. The number of amides is 10. The molecular formula is C103H118Cl2N14O17. The normalized spacial score (nSPS) is 26.4. The molecule has 6 atom stereocenters. The lowest BCUT2D eigenvalue weighted by Gasteiger charge is -2.63. The van der Waals surface area contributed by atoms with Crippen molar-refractivity contribution in [3.8, 4) is 23.6 Å². The average Bonchev–Trinajstić information content (AvgIpc) is 1.07. The van der Waals surface area contributed by atoms with Gasteiger partial charge in [0.05, 0.1) is 81.9 Å². The van der Waals surface area contributed by atoms with E-state index in [4.69, 9.17) is 51.6 Å². The quantitative estimate of drug-likeness (QED) is 0.0420. The zero-order valence-corrected chi connectivity index (χ0v) is 79.8. The zero-order chi connectivity index (χ0) is 95.7. The Hall–Kier alpha value is -11.7. The molecule has 31 nitrogen and oxygen atoms in total. The van der Waals surface area contributed by atoms with Crippen LogP contribution in [-0.2, 0) is 38.1 Å². The number of benzene rings is 6. The summed E-state index contributed by atoms with van der Waals surface area (Å²) >= 11 is 12.6. The van der Waals surface area contributed by atoms with Crippen LogP contribution in [0.2, 0.25) is 10.0 Å². The number of hydrogen-bond acceptors (Lipinski definition) is 25. The molecule has 0 aromatic heterocycles. The molecule has 10 amide bonds. The fourth-order valence-electron chi connectivity index (χ4n) is 23.9. The maximum Gasteiger partial charge on any atom is 0.508 e. The predicted octanol–water partition coefficient (Wildman–Crippen LogP) is 12.2. The third-order valence-electron chi connectivity index (χ3n) is 30.9. The van der Waals surface area contributed by atoms with Gasteiger partial charge in [-0.25, -0.2) is 4.79 Å². The molecule has 716 valence electrons. The maximum atomic E-state index is 14.4. The Morgan fingerprint density at radius 2 is 0.757 bits per heavy atom. The molecule has 0 unspecified atom stereocenters. The van der Waals surface area contributed by atoms with Crippen LogP contribution in [0.4, 0.5) is 27.5 Å². The number of anilines is 4. The number of rotatable bonds is 24. The molecule has 6 aromatic carbocycles. The standard InChI is InChI=1S/C103H118Cl2N14O17/c1-100(2)95(101(3,4)97(100)133-71-21-13-65(55-106)81(104)53-71)108-87(122)63-9-15-67(16-10-63)112-35-29-61(30-36-112)57-110-39-43-114(44-40-110)69-19-23-77-79(49-69)91(126)118(89(77)124)83-25-27-85(120)116(93(83)128)59-75-51-73(33-47-131-75)135-99(130)136-74-34-48-132-76(52-74)60-117-86(121)28-26-84(94(117)129)119-90(125)78-24-20-70(50-80(78)92(119)127)115-45-41-111(42-46-115)58-62-31-37-113(38-32-62)68-17-11-64(12-18-68)88(123)109-96-102(5,6)98(103(96,7)8)134-72-22-14-66(56-107)82(105)54-72/h9-24,49-50,53-54,61-62,73-76,83-84,95-98H,25-48,51-52,57-60H2,1-8H3,(H,108,122)(H,109,123)/t73-,74-,75-,76-,83-,84-,95?,96?,97?,98?/m1/s1. The van der Waals surface area contributed by atoms with Crippen LogP contribution in [-0.4, -0.2) is 273 Å². The van der Waals surface area contributed by atoms with Gasteiger partial charge in [0.2, 0.25) is 11.8 Å². The van der Waals surface area contributed by atoms with Crippen molar-refractivity contribution in [2.24, 2.45) is 33.5 Å². The number of nitrogens with one attached hydrogen (secondary N) is 2. The predicted molar refractivity (Wildman–Crippen MR) is 505 cm³/mol. The Morgan fingerprint density at radius 3 is 1.11 bits per heavy atom. The van der Waals surface area contributed by atoms with Crippen LogP contribution in [0.15, 0.2) is 121 Å². The molecule has 0 radical (unpaired) electrons. The summed E-state index contributed by atoms with van der Waals surface area (Å²) in [5, 5.41) is 25.9. The number of ether oxygens (including phenoxy) is 6. The van der Waals surface area contributed by atoms with Crippen molar-refractivity contribution >= 4 is 111 Å². The molecule has 0 spiro atoms. The van der Waals surface area contributed by atoms with E-state index in [1.165, 1.54) is 0 Å². The van der Waals surface area contributed by atoms with Crippen LogP contribution in [0.25, 0.3) is 0 Å². The monoisotopic (exact) mass is 1890 g/mol. The van der Waals surface area contributed by atoms with E-state index in [1.807, 2.05) is 60.7 Å². The molecule has 136 heavy (non-hydrogen) atoms. The third-order valence-corrected chi connectivity index (χ3v) is 31.5. The fourth-order valence-corrected chi connectivity index (χ4v) is 24.4. The van der Waals surface area contributed by atoms with E-state index in [0.717, 1.165) is 133 Å². The van der Waals surface area contributed by atoms with Crippen molar-refractivity contribution in [2.75, 3.05) is 138 Å². The lowest BCUT2D eigenvalue weighted by atomic mass is 9.49. The van der Waals surface area contributed by atoms with Gasteiger partial charge >= 0.3 is 6.16 Å². The van der Waals surface area contributed by atoms with E-state index in [1.54, 1.807) is 60.7 Å². The van der Waals surface area contributed by atoms with Crippen LogP contribution >= 0.6 is 23.2 Å². The number of hydrogen-bond donors (Lipinski definition) is 2. The summed E-state index contributed by atoms with van der Waals surface area (Å²) < 4.78 is 36.6. The molecule has 10 aliphatic heterocycles. The molecule has 18 rings (SSSR count). The van der Waals surface area contributed by atoms with Crippen molar-refractivity contribution in [3.63, 3.8) is 0 Å². The SMILES string of the molecule is CC1(C)C(NC(=O)c2ccc(N3CCC(CN4CCN(c5ccc6c(c5)C(=O)N([C@@H]5CCC(=O)N(C[C@H]7C[C@H](OC(=O)O[C@@H]8CCO[C@@H](CN9C(=O)CC[C@@H](N%10C(=O)c%11ccc(N%12CCN(CC%13CCN(c%14ccc(C(=O)NC%15C(C)(C)C(Oc%16ccc(C#N)c(Cl)c%16)C%15(C)C)cc%14)CC%13)CC%12)cc%11C%10=O)C9=O)C8)CCO7)C5=O)C6=O)CC4)CC3)cc2)C(C)(C)C1Oc1ccc(C#N)c(Cl)c1. The highest BCUT2D eigenvalue weighted by atomic mass is 35.5. The minimum Gasteiger partial charge on any atom is -0.489 e. The van der Waals surface area contributed by atoms with Gasteiger partial charge in [-0.2, -0.15) is 10.5 Å². The summed E-state index contributed by atoms with van der Waals surface area (Å²) in [6.07, 6.45) is 0.102. The summed E-state index contributed by atoms with van der Waals surface area (Å²) in [7, 11) is 0. The van der Waals surface area contributed by atoms with Crippen molar-refractivity contribution in [1.82, 2.24) is 40.0 Å². The number of carbonyl (C=O) groups excluding carboxylic acids is 11. The maximum absolute atomic E-state index is 14.4. The Balaban J connectivity index is 0.400. The average molecular weight is 1900 g/mol. The fraction of sp³-hybridized carbons (Fsp3) is 0.524. The molecule has 2 N–H and O–H groups in total. The number of piperazine rings is 2. The largest absolute Gasteiger partial charge is 0.508 e. The number of likely N-dealkylation sites (tertiary alicyclic amines) is 2. The van der Waals surface area contributed by atoms with Crippen molar-refractivity contribution in [3.05, 3.63) is 176 Å². The second kappa shape index (κ2) is 38.3. The molecule has 2 aliphatic carbocycles. The van der Waals surface area contributed by atoms with E-state index in [9.17, 15) is 63.3 Å². The van der Waals surface area contributed by atoms with Gasteiger partial charge in [0.25, 0.3) is 47.3 Å². The molecule has 10 fully saturated rings. The first-order valence-electron chi connectivity index (χ1n) is 47.9. The zero-order valence-electron chi connectivity index (χ0n) is 78.3. The summed E-state index contributed by atoms with van der Waals surface area (Å²) in [6, 6.07) is 37.6. The molecule has 2 saturated carbocycles. The number of carbonyl (C=O) groups is 11. The van der Waals surface area contributed by atoms with Gasteiger partial charge in [-0.15, -0.1) is 0 Å². The number of piperidine rings is 4. The minimum atomic E-state index is -1.24. The summed E-state index contributed by atoms with van der Waals surface area (Å²) in [6.45, 7) is 28.0. The van der Waals surface area contributed by atoms with Gasteiger partial charge in [0.1, 0.15) is 60.1 Å². The lowest BCUT2D eigenvalue weighted by molar-refractivity contribution is -0.164. The first-order valence-corrected chi connectivity index (χ1v) is 48.7. The van der Waals surface area contributed by atoms with Crippen molar-refractivity contribution in [2.45, 2.75) is 193 Å². The van der Waals surface area contributed by atoms with Crippen molar-refractivity contribution in [1.29, 1.82) is 10.5 Å². The smallest absolute Gasteiger partial charge is 0.489 e. The Bertz CT molecular complexity index is 5410. The lowest BCUT2D eigenvalue weighted by Crippen LogP contribution is -2.74. The van der Waals surface area contributed by atoms with Crippen molar-refractivity contribution < 1.29 is 81.2 Å². The molecule has 33 heteroatoms.